The van der Waals surface area contributed by atoms with Gasteiger partial charge in [-0.3, -0.25) is 4.79 Å². The molecule has 2 rings (SSSR count). The first-order valence-electron chi connectivity index (χ1n) is 7.32. The topological polar surface area (TPSA) is 57.7 Å². The third-order valence-electron chi connectivity index (χ3n) is 3.72. The van der Waals surface area contributed by atoms with Gasteiger partial charge in [0.25, 0.3) is 0 Å². The monoisotopic (exact) mass is 310 g/mol. The minimum absolute atomic E-state index is 0.0387. The van der Waals surface area contributed by atoms with Crippen LogP contribution < -0.4 is 0 Å². The Morgan fingerprint density at radius 3 is 2.57 bits per heavy atom. The number of likely N-dealkylation sites (N-methyl/N-ethyl adjacent to an activating group) is 1. The molecular formula is C15H22N2O3S. The Hall–Kier alpha value is -1.40. The van der Waals surface area contributed by atoms with Crippen LogP contribution in [0.2, 0.25) is 0 Å². The molecule has 0 unspecified atom stereocenters. The van der Waals surface area contributed by atoms with Crippen LogP contribution >= 0.6 is 0 Å². The molecule has 1 aromatic rings. The van der Waals surface area contributed by atoms with E-state index in [2.05, 4.69) is 0 Å². The molecule has 0 saturated carbocycles. The summed E-state index contributed by atoms with van der Waals surface area (Å²) >= 11 is 0. The molecule has 1 aliphatic heterocycles. The van der Waals surface area contributed by atoms with Crippen molar-refractivity contribution in [3.8, 4) is 0 Å². The number of hydrogen-bond donors (Lipinski definition) is 0. The SMILES string of the molecule is CCN(Cc1ccccc1)C(=O)CN1CCCCS1(=O)=O. The number of carbonyl (C=O) groups is 1. The standard InChI is InChI=1S/C15H22N2O3S/c1-2-16(12-14-8-4-3-5-9-14)15(18)13-17-10-6-7-11-21(17,19)20/h3-5,8-9H,2,6-7,10-13H2,1H3. The lowest BCUT2D eigenvalue weighted by molar-refractivity contribution is -0.131. The van der Waals surface area contributed by atoms with Gasteiger partial charge < -0.3 is 4.90 Å². The summed E-state index contributed by atoms with van der Waals surface area (Å²) in [6.07, 6.45) is 1.52. The molecule has 0 aromatic heterocycles. The van der Waals surface area contributed by atoms with Gasteiger partial charge in [0.1, 0.15) is 0 Å². The van der Waals surface area contributed by atoms with Crippen LogP contribution in [0.5, 0.6) is 0 Å². The van der Waals surface area contributed by atoms with E-state index in [9.17, 15) is 13.2 Å². The van der Waals surface area contributed by atoms with E-state index in [1.165, 1.54) is 4.31 Å². The lowest BCUT2D eigenvalue weighted by atomic mass is 10.2. The molecule has 116 valence electrons. The normalized spacial score (nSPS) is 18.3. The average molecular weight is 310 g/mol. The first-order chi connectivity index (χ1) is 10.0. The maximum absolute atomic E-state index is 12.4. The number of amides is 1. The van der Waals surface area contributed by atoms with Crippen LogP contribution in [0.1, 0.15) is 25.3 Å². The molecule has 5 nitrogen and oxygen atoms in total. The van der Waals surface area contributed by atoms with Crippen molar-refractivity contribution in [2.24, 2.45) is 0 Å². The van der Waals surface area contributed by atoms with E-state index >= 15 is 0 Å². The van der Waals surface area contributed by atoms with Crippen molar-refractivity contribution in [3.05, 3.63) is 35.9 Å². The summed E-state index contributed by atoms with van der Waals surface area (Å²) in [7, 11) is -3.25. The minimum atomic E-state index is -3.25. The van der Waals surface area contributed by atoms with Crippen LogP contribution in [0.3, 0.4) is 0 Å². The average Bonchev–Trinajstić information content (AvgIpc) is 2.48. The van der Waals surface area contributed by atoms with Crippen LogP contribution in [-0.2, 0) is 21.4 Å². The molecule has 0 radical (unpaired) electrons. The van der Waals surface area contributed by atoms with Gasteiger partial charge in [0.05, 0.1) is 12.3 Å². The second-order valence-electron chi connectivity index (χ2n) is 5.25. The lowest BCUT2D eigenvalue weighted by Crippen LogP contribution is -2.45. The van der Waals surface area contributed by atoms with E-state index in [0.717, 1.165) is 12.0 Å². The number of rotatable bonds is 5. The first-order valence-corrected chi connectivity index (χ1v) is 8.93. The zero-order chi connectivity index (χ0) is 15.3. The van der Waals surface area contributed by atoms with Crippen molar-refractivity contribution in [1.29, 1.82) is 0 Å². The van der Waals surface area contributed by atoms with E-state index in [-0.39, 0.29) is 18.2 Å². The van der Waals surface area contributed by atoms with Gasteiger partial charge in [-0.05, 0) is 25.3 Å². The molecule has 1 amide bonds. The van der Waals surface area contributed by atoms with Crippen LogP contribution in [0.25, 0.3) is 0 Å². The predicted octanol–water partition coefficient (Wildman–Crippen LogP) is 1.46. The highest BCUT2D eigenvalue weighted by Crippen LogP contribution is 2.14. The van der Waals surface area contributed by atoms with Gasteiger partial charge in [0, 0.05) is 19.6 Å². The smallest absolute Gasteiger partial charge is 0.238 e. The summed E-state index contributed by atoms with van der Waals surface area (Å²) in [5, 5.41) is 0. The number of carbonyl (C=O) groups excluding carboxylic acids is 1. The van der Waals surface area contributed by atoms with Crippen molar-refractivity contribution in [2.75, 3.05) is 25.4 Å². The van der Waals surface area contributed by atoms with E-state index in [4.69, 9.17) is 0 Å². The third-order valence-corrected chi connectivity index (χ3v) is 5.62. The number of sulfonamides is 1. The molecule has 6 heteroatoms. The van der Waals surface area contributed by atoms with Gasteiger partial charge in [0.2, 0.25) is 15.9 Å². The van der Waals surface area contributed by atoms with Crippen molar-refractivity contribution < 1.29 is 13.2 Å². The second-order valence-corrected chi connectivity index (χ2v) is 7.34. The van der Waals surface area contributed by atoms with Gasteiger partial charge in [-0.2, -0.15) is 4.31 Å². The Kier molecular flexibility index (Phi) is 5.36. The maximum Gasteiger partial charge on any atom is 0.238 e. The van der Waals surface area contributed by atoms with Crippen LogP contribution in [0.4, 0.5) is 0 Å². The molecule has 1 aliphatic rings. The van der Waals surface area contributed by atoms with Gasteiger partial charge in [-0.15, -0.1) is 0 Å². The summed E-state index contributed by atoms with van der Waals surface area (Å²) < 4.78 is 25.2. The van der Waals surface area contributed by atoms with E-state index < -0.39 is 10.0 Å². The molecule has 0 spiro atoms. The zero-order valence-corrected chi connectivity index (χ0v) is 13.2. The summed E-state index contributed by atoms with van der Waals surface area (Å²) in [4.78, 5) is 14.0. The molecule has 1 heterocycles. The number of benzene rings is 1. The van der Waals surface area contributed by atoms with Crippen molar-refractivity contribution >= 4 is 15.9 Å². The van der Waals surface area contributed by atoms with Crippen molar-refractivity contribution in [1.82, 2.24) is 9.21 Å². The molecule has 0 N–H and O–H groups in total. The van der Waals surface area contributed by atoms with Gasteiger partial charge >= 0.3 is 0 Å². The fourth-order valence-electron chi connectivity index (χ4n) is 2.45. The van der Waals surface area contributed by atoms with Gasteiger partial charge in [-0.25, -0.2) is 8.42 Å². The lowest BCUT2D eigenvalue weighted by Gasteiger charge is -2.28. The van der Waals surface area contributed by atoms with Crippen molar-refractivity contribution in [3.63, 3.8) is 0 Å². The summed E-state index contributed by atoms with van der Waals surface area (Å²) in [5.74, 6) is 0.0253. The number of nitrogens with zero attached hydrogens (tertiary/aromatic N) is 2. The van der Waals surface area contributed by atoms with Crippen LogP contribution in [-0.4, -0.2) is 48.9 Å². The fraction of sp³-hybridized carbons (Fsp3) is 0.533. The third kappa shape index (κ3) is 4.28. The molecule has 1 saturated heterocycles. The highest BCUT2D eigenvalue weighted by Gasteiger charge is 2.28. The van der Waals surface area contributed by atoms with Crippen LogP contribution in [0.15, 0.2) is 30.3 Å². The zero-order valence-electron chi connectivity index (χ0n) is 12.4. The van der Waals surface area contributed by atoms with E-state index in [0.29, 0.717) is 26.1 Å². The van der Waals surface area contributed by atoms with Crippen LogP contribution in [0, 0.1) is 0 Å². The second kappa shape index (κ2) is 7.04. The Morgan fingerprint density at radius 2 is 1.95 bits per heavy atom. The summed E-state index contributed by atoms with van der Waals surface area (Å²) in [6.45, 7) is 3.41. The predicted molar refractivity (Wildman–Crippen MR) is 82.1 cm³/mol. The Bertz CT molecular complexity index is 572. The molecule has 0 atom stereocenters. The molecule has 0 aliphatic carbocycles. The number of hydrogen-bond acceptors (Lipinski definition) is 3. The molecule has 21 heavy (non-hydrogen) atoms. The fourth-order valence-corrected chi connectivity index (χ4v) is 3.99. The largest absolute Gasteiger partial charge is 0.338 e. The van der Waals surface area contributed by atoms with Crippen molar-refractivity contribution in [2.45, 2.75) is 26.3 Å². The highest BCUT2D eigenvalue weighted by molar-refractivity contribution is 7.89. The summed E-state index contributed by atoms with van der Waals surface area (Å²) in [6, 6.07) is 9.73. The quantitative estimate of drug-likeness (QED) is 0.827. The van der Waals surface area contributed by atoms with Gasteiger partial charge in [0.15, 0.2) is 0 Å². The van der Waals surface area contributed by atoms with E-state index in [1.54, 1.807) is 4.90 Å². The summed E-state index contributed by atoms with van der Waals surface area (Å²) in [5.41, 5.74) is 1.05. The molecular weight excluding hydrogens is 288 g/mol. The Morgan fingerprint density at radius 1 is 1.24 bits per heavy atom. The van der Waals surface area contributed by atoms with Gasteiger partial charge in [-0.1, -0.05) is 30.3 Å². The first kappa shape index (κ1) is 16.0. The maximum atomic E-state index is 12.4. The van der Waals surface area contributed by atoms with E-state index in [1.807, 2.05) is 37.3 Å². The molecule has 1 aromatic carbocycles. The Balaban J connectivity index is 2.00. The molecule has 1 fully saturated rings. The Labute approximate surface area is 126 Å². The molecule has 0 bridgehead atoms. The minimum Gasteiger partial charge on any atom is -0.338 e. The highest BCUT2D eigenvalue weighted by atomic mass is 32.2.